The van der Waals surface area contributed by atoms with Gasteiger partial charge in [0, 0.05) is 5.56 Å². The number of hydrogen-bond donors (Lipinski definition) is 1. The van der Waals surface area contributed by atoms with E-state index in [-0.39, 0.29) is 10.5 Å². The third kappa shape index (κ3) is 5.59. The Bertz CT molecular complexity index is 1240. The van der Waals surface area contributed by atoms with Gasteiger partial charge in [-0.15, -0.1) is 0 Å². The highest BCUT2D eigenvalue weighted by Gasteiger charge is 2.27. The summed E-state index contributed by atoms with van der Waals surface area (Å²) < 4.78 is 41.5. The van der Waals surface area contributed by atoms with Crippen LogP contribution in [-0.4, -0.2) is 27.1 Å². The molecule has 3 rings (SSSR count). The summed E-state index contributed by atoms with van der Waals surface area (Å²) in [6.45, 7) is 5.07. The molecule has 0 aliphatic rings. The number of hydrazone groups is 1. The second kappa shape index (κ2) is 9.74. The molecule has 0 bridgehead atoms. The van der Waals surface area contributed by atoms with E-state index in [1.165, 1.54) is 30.5 Å². The Kier molecular flexibility index (Phi) is 7.05. The average molecular weight is 454 g/mol. The van der Waals surface area contributed by atoms with Crippen molar-refractivity contribution < 1.29 is 17.6 Å². The van der Waals surface area contributed by atoms with Crippen molar-refractivity contribution in [2.24, 2.45) is 5.10 Å². The van der Waals surface area contributed by atoms with Crippen LogP contribution >= 0.6 is 0 Å². The Morgan fingerprint density at radius 2 is 1.59 bits per heavy atom. The highest BCUT2D eigenvalue weighted by molar-refractivity contribution is 7.92. The molecular weight excluding hydrogens is 429 g/mol. The zero-order valence-corrected chi connectivity index (χ0v) is 18.9. The highest BCUT2D eigenvalue weighted by Crippen LogP contribution is 2.26. The number of carbonyl (C=O) groups excluding carboxylic acids is 1. The normalized spacial score (nSPS) is 11.5. The fraction of sp³-hybridized carbons (Fsp3) is 0.167. The number of halogens is 1. The van der Waals surface area contributed by atoms with E-state index >= 15 is 0 Å². The summed E-state index contributed by atoms with van der Waals surface area (Å²) in [5.41, 5.74) is 5.49. The van der Waals surface area contributed by atoms with Gasteiger partial charge in [-0.25, -0.2) is 18.2 Å². The quantitative estimate of drug-likeness (QED) is 0.432. The molecule has 32 heavy (non-hydrogen) atoms. The topological polar surface area (TPSA) is 78.8 Å². The van der Waals surface area contributed by atoms with Gasteiger partial charge < -0.3 is 0 Å². The van der Waals surface area contributed by atoms with Crippen molar-refractivity contribution in [1.82, 2.24) is 5.43 Å². The second-order valence-corrected chi connectivity index (χ2v) is 9.35. The SMILES string of the molecule is Cc1ccc(S(=O)(=O)N(CC(=O)N/N=C\c2ccccc2F)c2cc(C)cc(C)c2)cc1. The minimum atomic E-state index is -4.02. The summed E-state index contributed by atoms with van der Waals surface area (Å²) >= 11 is 0. The van der Waals surface area contributed by atoms with Crippen LogP contribution in [0.15, 0.2) is 76.7 Å². The van der Waals surface area contributed by atoms with Gasteiger partial charge in [0.05, 0.1) is 16.8 Å². The van der Waals surface area contributed by atoms with Crippen LogP contribution in [0.25, 0.3) is 0 Å². The number of benzene rings is 3. The number of amides is 1. The van der Waals surface area contributed by atoms with Gasteiger partial charge in [0.1, 0.15) is 12.4 Å². The molecular formula is C24H24FN3O3S. The summed E-state index contributed by atoms with van der Waals surface area (Å²) in [5.74, 6) is -1.14. The minimum Gasteiger partial charge on any atom is -0.271 e. The molecule has 0 fully saturated rings. The van der Waals surface area contributed by atoms with Crippen molar-refractivity contribution >= 4 is 27.8 Å². The van der Waals surface area contributed by atoms with E-state index in [1.54, 1.807) is 36.4 Å². The first-order valence-corrected chi connectivity index (χ1v) is 11.3. The van der Waals surface area contributed by atoms with Gasteiger partial charge >= 0.3 is 0 Å². The summed E-state index contributed by atoms with van der Waals surface area (Å²) in [4.78, 5) is 12.7. The number of sulfonamides is 1. The van der Waals surface area contributed by atoms with Gasteiger partial charge in [-0.05, 0) is 62.2 Å². The van der Waals surface area contributed by atoms with E-state index in [0.717, 1.165) is 21.0 Å². The minimum absolute atomic E-state index is 0.0740. The molecule has 3 aromatic rings. The van der Waals surface area contributed by atoms with Crippen molar-refractivity contribution in [3.8, 4) is 0 Å². The first-order chi connectivity index (χ1) is 15.2. The van der Waals surface area contributed by atoms with Crippen LogP contribution in [-0.2, 0) is 14.8 Å². The number of aryl methyl sites for hydroxylation is 3. The summed E-state index contributed by atoms with van der Waals surface area (Å²) in [6, 6.07) is 17.7. The second-order valence-electron chi connectivity index (χ2n) is 7.49. The maximum Gasteiger partial charge on any atom is 0.264 e. The third-order valence-electron chi connectivity index (χ3n) is 4.69. The molecule has 0 aromatic heterocycles. The van der Waals surface area contributed by atoms with E-state index in [2.05, 4.69) is 10.5 Å². The smallest absolute Gasteiger partial charge is 0.264 e. The van der Waals surface area contributed by atoms with Gasteiger partial charge in [-0.1, -0.05) is 42.0 Å². The Morgan fingerprint density at radius 1 is 0.969 bits per heavy atom. The molecule has 1 amide bonds. The maximum absolute atomic E-state index is 13.7. The van der Waals surface area contributed by atoms with Crippen molar-refractivity contribution in [3.63, 3.8) is 0 Å². The van der Waals surface area contributed by atoms with Crippen LogP contribution in [0.1, 0.15) is 22.3 Å². The lowest BCUT2D eigenvalue weighted by Gasteiger charge is -2.24. The molecule has 0 saturated carbocycles. The zero-order valence-electron chi connectivity index (χ0n) is 18.0. The number of nitrogens with zero attached hydrogens (tertiary/aromatic N) is 2. The molecule has 0 heterocycles. The van der Waals surface area contributed by atoms with Gasteiger partial charge in [0.2, 0.25) is 0 Å². The third-order valence-corrected chi connectivity index (χ3v) is 6.48. The summed E-state index contributed by atoms with van der Waals surface area (Å²) in [7, 11) is -4.02. The summed E-state index contributed by atoms with van der Waals surface area (Å²) in [5, 5.41) is 3.76. The van der Waals surface area contributed by atoms with Gasteiger partial charge in [0.15, 0.2) is 0 Å². The van der Waals surface area contributed by atoms with Crippen LogP contribution in [0.5, 0.6) is 0 Å². The number of anilines is 1. The average Bonchev–Trinajstić information content (AvgIpc) is 2.73. The van der Waals surface area contributed by atoms with Crippen molar-refractivity contribution in [2.75, 3.05) is 10.8 Å². The van der Waals surface area contributed by atoms with Crippen molar-refractivity contribution in [1.29, 1.82) is 0 Å². The zero-order chi connectivity index (χ0) is 23.3. The summed E-state index contributed by atoms with van der Waals surface area (Å²) in [6.07, 6.45) is 1.17. The molecule has 0 aliphatic carbocycles. The molecule has 0 saturated heterocycles. The van der Waals surface area contributed by atoms with E-state index in [9.17, 15) is 17.6 Å². The molecule has 0 radical (unpaired) electrons. The van der Waals surface area contributed by atoms with Crippen LogP contribution in [0, 0.1) is 26.6 Å². The first kappa shape index (κ1) is 23.1. The van der Waals surface area contributed by atoms with E-state index in [4.69, 9.17) is 0 Å². The van der Waals surface area contributed by atoms with E-state index in [1.807, 2.05) is 26.8 Å². The monoisotopic (exact) mass is 453 g/mol. The Hall–Kier alpha value is -3.52. The lowest BCUT2D eigenvalue weighted by atomic mass is 10.1. The lowest BCUT2D eigenvalue weighted by Crippen LogP contribution is -2.39. The van der Waals surface area contributed by atoms with Gasteiger partial charge in [0.25, 0.3) is 15.9 Å². The molecule has 6 nitrogen and oxygen atoms in total. The van der Waals surface area contributed by atoms with Crippen LogP contribution < -0.4 is 9.73 Å². The van der Waals surface area contributed by atoms with Gasteiger partial charge in [-0.3, -0.25) is 9.10 Å². The molecule has 0 atom stereocenters. The predicted molar refractivity (Wildman–Crippen MR) is 124 cm³/mol. The first-order valence-electron chi connectivity index (χ1n) is 9.91. The van der Waals surface area contributed by atoms with Crippen molar-refractivity contribution in [3.05, 3.63) is 94.8 Å². The van der Waals surface area contributed by atoms with Crippen LogP contribution in [0.2, 0.25) is 0 Å². The number of rotatable bonds is 7. The fourth-order valence-electron chi connectivity index (χ4n) is 3.17. The number of hydrogen-bond acceptors (Lipinski definition) is 4. The van der Waals surface area contributed by atoms with Crippen molar-refractivity contribution in [2.45, 2.75) is 25.7 Å². The molecule has 166 valence electrons. The Balaban J connectivity index is 1.89. The van der Waals surface area contributed by atoms with Crippen LogP contribution in [0.3, 0.4) is 0 Å². The van der Waals surface area contributed by atoms with Gasteiger partial charge in [-0.2, -0.15) is 5.10 Å². The standard InChI is InChI=1S/C24H24FN3O3S/c1-17-8-10-22(11-9-17)32(30,31)28(21-13-18(2)12-19(3)14-21)16-24(29)27-26-15-20-6-4-5-7-23(20)25/h4-15H,16H2,1-3H3,(H,27,29)/b26-15-. The molecule has 0 aliphatic heterocycles. The molecule has 0 spiro atoms. The fourth-order valence-corrected chi connectivity index (χ4v) is 4.57. The highest BCUT2D eigenvalue weighted by atomic mass is 32.2. The van der Waals surface area contributed by atoms with Crippen LogP contribution in [0.4, 0.5) is 10.1 Å². The molecule has 1 N–H and O–H groups in total. The predicted octanol–water partition coefficient (Wildman–Crippen LogP) is 4.10. The van der Waals surface area contributed by atoms with E-state index < -0.39 is 28.3 Å². The molecule has 0 unspecified atom stereocenters. The molecule has 8 heteroatoms. The maximum atomic E-state index is 13.7. The Labute approximate surface area is 187 Å². The lowest BCUT2D eigenvalue weighted by molar-refractivity contribution is -0.119. The number of carbonyl (C=O) groups is 1. The number of nitrogens with one attached hydrogen (secondary N) is 1. The Morgan fingerprint density at radius 3 is 2.22 bits per heavy atom. The largest absolute Gasteiger partial charge is 0.271 e. The van der Waals surface area contributed by atoms with E-state index in [0.29, 0.717) is 5.69 Å². The molecule has 3 aromatic carbocycles.